The van der Waals surface area contributed by atoms with Crippen LogP contribution in [0.4, 0.5) is 0 Å². The van der Waals surface area contributed by atoms with Crippen molar-refractivity contribution < 1.29 is 19.2 Å². The van der Waals surface area contributed by atoms with Gasteiger partial charge in [0.15, 0.2) is 0 Å². The maximum Gasteiger partial charge on any atom is 0.246 e. The Morgan fingerprint density at radius 3 is 2.00 bits per heavy atom. The summed E-state index contributed by atoms with van der Waals surface area (Å²) in [5, 5.41) is 6.11. The second kappa shape index (κ2) is 12.2. The molecular formula is C34H36N4O4. The summed E-state index contributed by atoms with van der Waals surface area (Å²) < 4.78 is 0. The fourth-order valence-corrected chi connectivity index (χ4v) is 6.56. The van der Waals surface area contributed by atoms with Crippen LogP contribution in [0.1, 0.15) is 41.5 Å². The molecule has 0 spiro atoms. The molecule has 4 atom stereocenters. The van der Waals surface area contributed by atoms with Gasteiger partial charge in [0.05, 0.1) is 0 Å². The van der Waals surface area contributed by atoms with Crippen LogP contribution in [0.2, 0.25) is 0 Å². The Morgan fingerprint density at radius 1 is 0.643 bits per heavy atom. The summed E-state index contributed by atoms with van der Waals surface area (Å²) in [6, 6.07) is 24.4. The normalized spacial score (nSPS) is 24.8. The van der Waals surface area contributed by atoms with Gasteiger partial charge in [-0.05, 0) is 41.5 Å². The van der Waals surface area contributed by atoms with Gasteiger partial charge in [0.25, 0.3) is 0 Å². The highest BCUT2D eigenvalue weighted by Crippen LogP contribution is 2.29. The molecule has 0 bridgehead atoms. The minimum Gasteiger partial charge on any atom is -0.351 e. The van der Waals surface area contributed by atoms with Gasteiger partial charge in [0.2, 0.25) is 23.6 Å². The van der Waals surface area contributed by atoms with Crippen molar-refractivity contribution in [1.29, 1.82) is 0 Å². The third-order valence-corrected chi connectivity index (χ3v) is 8.67. The van der Waals surface area contributed by atoms with Crippen LogP contribution in [0.5, 0.6) is 0 Å². The van der Waals surface area contributed by atoms with Crippen LogP contribution < -0.4 is 10.6 Å². The molecule has 8 heteroatoms. The van der Waals surface area contributed by atoms with Gasteiger partial charge >= 0.3 is 0 Å². The van der Waals surface area contributed by atoms with E-state index in [0.717, 1.165) is 22.3 Å². The van der Waals surface area contributed by atoms with E-state index in [1.807, 2.05) is 84.9 Å². The van der Waals surface area contributed by atoms with Crippen LogP contribution >= 0.6 is 0 Å². The molecule has 0 saturated carbocycles. The molecular weight excluding hydrogens is 528 g/mol. The zero-order valence-corrected chi connectivity index (χ0v) is 23.6. The zero-order valence-electron chi connectivity index (χ0n) is 23.6. The van der Waals surface area contributed by atoms with Crippen LogP contribution in [-0.4, -0.2) is 64.1 Å². The lowest BCUT2D eigenvalue weighted by Gasteiger charge is -2.39. The minimum atomic E-state index is -0.819. The first-order valence-electron chi connectivity index (χ1n) is 14.8. The van der Waals surface area contributed by atoms with E-state index in [1.165, 1.54) is 0 Å². The quantitative estimate of drug-likeness (QED) is 0.509. The molecule has 0 unspecified atom stereocenters. The molecule has 216 valence electrons. The Morgan fingerprint density at radius 2 is 1.29 bits per heavy atom. The Balaban J connectivity index is 1.37. The molecule has 3 aromatic rings. The van der Waals surface area contributed by atoms with E-state index in [4.69, 9.17) is 0 Å². The third-order valence-electron chi connectivity index (χ3n) is 8.67. The second-order valence-electron chi connectivity index (χ2n) is 11.6. The number of amides is 4. The molecule has 3 aliphatic rings. The van der Waals surface area contributed by atoms with Crippen LogP contribution in [0.3, 0.4) is 0 Å². The van der Waals surface area contributed by atoms with Crippen LogP contribution in [0.25, 0.3) is 0 Å². The first-order valence-corrected chi connectivity index (χ1v) is 14.8. The maximum atomic E-state index is 14.2. The molecule has 8 nitrogen and oxygen atoms in total. The van der Waals surface area contributed by atoms with E-state index in [-0.39, 0.29) is 30.0 Å². The SMILES string of the molecule is O=C1C[C@H](Cc2ccccc2)NC(=O)[C@@H]2Cc3ccccc3CN2C(=O)[C@@H]2CCCN2C(=O)[C@H](Cc2ccccc2)N1. The third kappa shape index (κ3) is 5.93. The Bertz CT molecular complexity index is 1460. The fraction of sp³-hybridized carbons (Fsp3) is 0.353. The summed E-state index contributed by atoms with van der Waals surface area (Å²) in [6.45, 7) is 0.744. The van der Waals surface area contributed by atoms with Crippen molar-refractivity contribution >= 4 is 23.6 Å². The lowest BCUT2D eigenvalue weighted by molar-refractivity contribution is -0.150. The molecule has 6 rings (SSSR count). The van der Waals surface area contributed by atoms with Gasteiger partial charge < -0.3 is 20.4 Å². The van der Waals surface area contributed by atoms with Gasteiger partial charge in [-0.1, -0.05) is 84.9 Å². The van der Waals surface area contributed by atoms with E-state index in [1.54, 1.807) is 9.80 Å². The summed E-state index contributed by atoms with van der Waals surface area (Å²) >= 11 is 0. The Kier molecular flexibility index (Phi) is 8.04. The number of fused-ring (bicyclic) bond motifs is 3. The largest absolute Gasteiger partial charge is 0.351 e. The first-order chi connectivity index (χ1) is 20.5. The van der Waals surface area contributed by atoms with Gasteiger partial charge in [-0.15, -0.1) is 0 Å². The molecule has 3 aliphatic heterocycles. The average Bonchev–Trinajstić information content (AvgIpc) is 3.50. The van der Waals surface area contributed by atoms with Crippen molar-refractivity contribution in [3.8, 4) is 0 Å². The maximum absolute atomic E-state index is 14.2. The van der Waals surface area contributed by atoms with E-state index in [2.05, 4.69) is 10.6 Å². The van der Waals surface area contributed by atoms with Crippen LogP contribution in [-0.2, 0) is 45.0 Å². The Hall–Kier alpha value is -4.46. The lowest BCUT2D eigenvalue weighted by Crippen LogP contribution is -2.59. The number of benzene rings is 3. The van der Waals surface area contributed by atoms with Gasteiger partial charge in [-0.2, -0.15) is 0 Å². The summed E-state index contributed by atoms with van der Waals surface area (Å²) in [5.41, 5.74) is 3.95. The first kappa shape index (κ1) is 27.7. The number of carbonyl (C=O) groups is 4. The molecule has 2 fully saturated rings. The molecule has 0 aromatic heterocycles. The molecule has 2 N–H and O–H groups in total. The predicted molar refractivity (Wildman–Crippen MR) is 158 cm³/mol. The number of hydrogen-bond acceptors (Lipinski definition) is 4. The van der Waals surface area contributed by atoms with Crippen molar-refractivity contribution in [3.63, 3.8) is 0 Å². The highest BCUT2D eigenvalue weighted by Gasteiger charge is 2.44. The van der Waals surface area contributed by atoms with Gasteiger partial charge in [-0.25, -0.2) is 0 Å². The Labute approximate surface area is 246 Å². The van der Waals surface area contributed by atoms with E-state index < -0.39 is 24.2 Å². The zero-order chi connectivity index (χ0) is 29.1. The molecule has 4 amide bonds. The number of hydrogen-bond donors (Lipinski definition) is 2. The number of nitrogens with one attached hydrogen (secondary N) is 2. The molecule has 3 aromatic carbocycles. The van der Waals surface area contributed by atoms with Crippen molar-refractivity contribution in [2.45, 2.75) is 69.2 Å². The lowest BCUT2D eigenvalue weighted by atomic mass is 9.92. The number of rotatable bonds is 4. The summed E-state index contributed by atoms with van der Waals surface area (Å²) in [6.07, 6.45) is 2.38. The summed E-state index contributed by atoms with van der Waals surface area (Å²) in [5.74, 6) is -1.05. The standard InChI is InChI=1S/C34H36N4O4/c39-31-21-27(18-23-10-3-1-4-11-23)35-32(40)30-20-25-14-7-8-15-26(25)22-38(30)34(42)29-16-9-17-37(29)33(41)28(36-31)19-24-12-5-2-6-13-24/h1-8,10-15,27-30H,9,16-22H2,(H,35,40)(H,36,39)/t27-,28-,29-,30-/m0/s1. The topological polar surface area (TPSA) is 98.8 Å². The molecule has 42 heavy (non-hydrogen) atoms. The number of nitrogens with zero attached hydrogens (tertiary/aromatic N) is 2. The van der Waals surface area contributed by atoms with E-state index in [0.29, 0.717) is 45.2 Å². The van der Waals surface area contributed by atoms with E-state index in [9.17, 15) is 19.2 Å². The predicted octanol–water partition coefficient (Wildman–Crippen LogP) is 2.79. The molecule has 3 heterocycles. The molecule has 0 radical (unpaired) electrons. The second-order valence-corrected chi connectivity index (χ2v) is 11.6. The van der Waals surface area contributed by atoms with Gasteiger partial charge in [0.1, 0.15) is 18.1 Å². The van der Waals surface area contributed by atoms with Crippen molar-refractivity contribution in [2.24, 2.45) is 0 Å². The highest BCUT2D eigenvalue weighted by atomic mass is 16.2. The van der Waals surface area contributed by atoms with Crippen LogP contribution in [0.15, 0.2) is 84.9 Å². The molecule has 0 aliphatic carbocycles. The van der Waals surface area contributed by atoms with Crippen molar-refractivity contribution in [1.82, 2.24) is 20.4 Å². The summed E-state index contributed by atoms with van der Waals surface area (Å²) in [4.78, 5) is 59.1. The molecule has 2 saturated heterocycles. The van der Waals surface area contributed by atoms with Gasteiger partial charge in [0, 0.05) is 38.4 Å². The van der Waals surface area contributed by atoms with Crippen molar-refractivity contribution in [3.05, 3.63) is 107 Å². The van der Waals surface area contributed by atoms with E-state index >= 15 is 0 Å². The van der Waals surface area contributed by atoms with Crippen LogP contribution in [0, 0.1) is 0 Å². The summed E-state index contributed by atoms with van der Waals surface area (Å²) in [7, 11) is 0. The monoisotopic (exact) mass is 564 g/mol. The van der Waals surface area contributed by atoms with Gasteiger partial charge in [-0.3, -0.25) is 19.2 Å². The van der Waals surface area contributed by atoms with Crippen molar-refractivity contribution in [2.75, 3.05) is 6.54 Å². The smallest absolute Gasteiger partial charge is 0.246 e. The highest BCUT2D eigenvalue weighted by molar-refractivity contribution is 5.96. The average molecular weight is 565 g/mol. The minimum absolute atomic E-state index is 0.0138. The number of carbonyl (C=O) groups excluding carboxylic acids is 4. The fourth-order valence-electron chi connectivity index (χ4n) is 6.56.